The zero-order chi connectivity index (χ0) is 51.6. The zero-order valence-electron chi connectivity index (χ0n) is 38.8. The highest BCUT2D eigenvalue weighted by Crippen LogP contribution is 2.20. The second kappa shape index (κ2) is 26.5. The number of imide groups is 1. The molecule has 0 aliphatic carbocycles. The molecule has 1 aliphatic rings. The van der Waals surface area contributed by atoms with Crippen molar-refractivity contribution in [2.45, 2.75) is 87.7 Å². The van der Waals surface area contributed by atoms with Gasteiger partial charge in [0.05, 0.1) is 12.9 Å². The third kappa shape index (κ3) is 15.8. The van der Waals surface area contributed by atoms with Gasteiger partial charge in [-0.1, -0.05) is 48.5 Å². The predicted molar refractivity (Wildman–Crippen MR) is 266 cm³/mol. The number of H-pyrrole nitrogens is 2. The van der Waals surface area contributed by atoms with Crippen LogP contribution in [0.2, 0.25) is 0 Å². The molecule has 16 N–H and O–H groups in total. The number of aromatic nitrogens is 3. The van der Waals surface area contributed by atoms with Crippen LogP contribution in [-0.4, -0.2) is 146 Å². The minimum absolute atomic E-state index is 0.0411. The molecule has 1 fully saturated rings. The largest absolute Gasteiger partial charge is 0.370 e. The number of benzene rings is 2. The number of hydrogen-bond donors (Lipinski definition) is 14. The summed E-state index contributed by atoms with van der Waals surface area (Å²) in [4.78, 5) is 136. The van der Waals surface area contributed by atoms with Crippen LogP contribution in [0.1, 0.15) is 43.0 Å². The lowest BCUT2D eigenvalue weighted by atomic mass is 10.0. The number of quaternary nitrogens is 1. The SMILES string of the molecule is CC(NC(=O)C(CS)N1C(=O)CNC1=O)C(=O)NC(Cc1cnc[nH]1)C(=O)NC(Cc1ccccc1)C(=O)NC(CCCN=C(N)N)C(=O)NC(CCc1c[nH]c2ccccc12)C(=O)NC(CS)C([NH3+])=O. The number of fused-ring (bicyclic) bond motifs is 1. The van der Waals surface area contributed by atoms with Crippen LogP contribution < -0.4 is 54.4 Å². The number of hydrogen-bond acceptors (Lipinski definition) is 13. The van der Waals surface area contributed by atoms with Gasteiger partial charge in [0.25, 0.3) is 5.91 Å². The summed E-state index contributed by atoms with van der Waals surface area (Å²) in [6, 6.07) is 6.41. The normalized spacial score (nSPS) is 15.2. The van der Waals surface area contributed by atoms with E-state index in [2.05, 4.69) is 88.2 Å². The number of urea groups is 1. The first-order valence-corrected chi connectivity index (χ1v) is 23.9. The molecular weight excluding hydrogens is 959 g/mol. The Morgan fingerprint density at radius 2 is 1.35 bits per heavy atom. The van der Waals surface area contributed by atoms with Crippen molar-refractivity contribution in [2.24, 2.45) is 16.5 Å². The number of para-hydroxylation sites is 1. The maximum atomic E-state index is 14.5. The van der Waals surface area contributed by atoms with E-state index in [-0.39, 0.29) is 62.7 Å². The number of carbonyl (C=O) groups is 9. The number of aliphatic imine (C=N–C) groups is 1. The Morgan fingerprint density at radius 3 is 1.96 bits per heavy atom. The van der Waals surface area contributed by atoms with Crippen molar-refractivity contribution in [3.63, 3.8) is 0 Å². The van der Waals surface area contributed by atoms with E-state index in [9.17, 15) is 43.2 Å². The molecular formula is C45H60N15O9S2+. The summed E-state index contributed by atoms with van der Waals surface area (Å²) >= 11 is 8.32. The van der Waals surface area contributed by atoms with E-state index in [0.29, 0.717) is 22.6 Å². The summed E-state index contributed by atoms with van der Waals surface area (Å²) in [5.74, 6) is -6.54. The molecule has 24 nitrogen and oxygen atoms in total. The maximum Gasteiger partial charge on any atom is 0.332 e. The summed E-state index contributed by atoms with van der Waals surface area (Å²) in [5, 5.41) is 19.2. The van der Waals surface area contributed by atoms with Crippen molar-refractivity contribution in [3.05, 3.63) is 90.1 Å². The third-order valence-electron chi connectivity index (χ3n) is 11.4. The summed E-state index contributed by atoms with van der Waals surface area (Å²) in [6.07, 6.45) is 4.86. The van der Waals surface area contributed by atoms with Gasteiger partial charge in [-0.2, -0.15) is 25.3 Å². The van der Waals surface area contributed by atoms with E-state index < -0.39 is 95.6 Å². The van der Waals surface area contributed by atoms with Gasteiger partial charge >= 0.3 is 11.9 Å². The van der Waals surface area contributed by atoms with Crippen LogP contribution in [0.3, 0.4) is 0 Å². The van der Waals surface area contributed by atoms with E-state index in [4.69, 9.17) is 11.5 Å². The number of imidazole rings is 1. The Morgan fingerprint density at radius 1 is 0.746 bits per heavy atom. The third-order valence-corrected chi connectivity index (χ3v) is 12.1. The Balaban J connectivity index is 1.38. The summed E-state index contributed by atoms with van der Waals surface area (Å²) < 4.78 is 0. The highest BCUT2D eigenvalue weighted by molar-refractivity contribution is 7.80. The summed E-state index contributed by atoms with van der Waals surface area (Å²) in [6.45, 7) is 1.10. The molecule has 0 spiro atoms. The second-order valence-corrected chi connectivity index (χ2v) is 17.4. The van der Waals surface area contributed by atoms with Crippen molar-refractivity contribution in [3.8, 4) is 0 Å². The molecule has 1 aliphatic heterocycles. The molecule has 0 radical (unpaired) electrons. The van der Waals surface area contributed by atoms with E-state index in [1.807, 2.05) is 24.3 Å². The lowest BCUT2D eigenvalue weighted by molar-refractivity contribution is -0.307. The molecule has 2 aromatic carbocycles. The van der Waals surface area contributed by atoms with Crippen LogP contribution in [0.5, 0.6) is 0 Å². The van der Waals surface area contributed by atoms with Gasteiger partial charge in [-0.15, -0.1) is 0 Å². The number of amides is 10. The van der Waals surface area contributed by atoms with Gasteiger partial charge in [0.2, 0.25) is 35.4 Å². The molecule has 5 rings (SSSR count). The monoisotopic (exact) mass is 1020 g/mol. The van der Waals surface area contributed by atoms with Gasteiger partial charge in [0.15, 0.2) is 12.0 Å². The van der Waals surface area contributed by atoms with Crippen LogP contribution in [0, 0.1) is 0 Å². The molecule has 26 heteroatoms. The quantitative estimate of drug-likeness (QED) is 0.00926. The maximum absolute atomic E-state index is 14.5. The minimum Gasteiger partial charge on any atom is -0.370 e. The van der Waals surface area contributed by atoms with Gasteiger partial charge in [-0.05, 0) is 49.8 Å². The van der Waals surface area contributed by atoms with E-state index in [1.54, 1.807) is 36.5 Å². The standard InChI is InChI=1S/C45H59N15O9S2/c1-24(54-43(68)35(22-71)60-36(61)20-52-45(60)69)38(63)57-33(17-27-19-49-23-53-27)42(67)58-32(16-25-8-3-2-4-9-25)41(66)55-30(12-7-15-50-44(47)48)39(64)56-31(40(65)59-34(21-70)37(46)62)14-13-26-18-51-29-11-6-5-10-28(26)29/h2-6,8-11,18-19,23-24,30-35,51,70-71H,7,12-17,20-22H2,1H3,(H2,46,62)(H,49,53)(H,52,69)(H,54,68)(H,55,66)(H,56,64)(H,57,63)(H,58,67)(H,59,65)(H4,47,48,50)/p+1. The Kier molecular flexibility index (Phi) is 20.3. The number of rotatable bonds is 27. The predicted octanol–water partition coefficient (Wildman–Crippen LogP) is -3.16. The first-order chi connectivity index (χ1) is 34.0. The van der Waals surface area contributed by atoms with E-state index >= 15 is 0 Å². The number of thiol groups is 2. The fourth-order valence-corrected chi connectivity index (χ4v) is 8.21. The molecule has 1 saturated heterocycles. The number of nitrogens with two attached hydrogens (primary N) is 2. The minimum atomic E-state index is -1.39. The fraction of sp³-hybridized carbons (Fsp3) is 0.400. The molecule has 380 valence electrons. The van der Waals surface area contributed by atoms with E-state index in [0.717, 1.165) is 16.5 Å². The molecule has 7 atom stereocenters. The Hall–Kier alpha value is -7.45. The molecule has 2 aromatic heterocycles. The first-order valence-electron chi connectivity index (χ1n) is 22.6. The Labute approximate surface area is 418 Å². The van der Waals surface area contributed by atoms with Gasteiger partial charge in [-0.3, -0.25) is 44.3 Å². The van der Waals surface area contributed by atoms with Gasteiger partial charge < -0.3 is 58.7 Å². The highest BCUT2D eigenvalue weighted by atomic mass is 32.1. The molecule has 10 amide bonds. The average molecular weight is 1020 g/mol. The Bertz CT molecular complexity index is 2540. The van der Waals surface area contributed by atoms with Crippen molar-refractivity contribution < 1.29 is 48.9 Å². The molecule has 0 saturated carbocycles. The number of nitrogens with one attached hydrogen (secondary N) is 9. The highest BCUT2D eigenvalue weighted by Gasteiger charge is 2.39. The number of guanidine groups is 1. The molecule has 71 heavy (non-hydrogen) atoms. The van der Waals surface area contributed by atoms with Crippen molar-refractivity contribution >= 4 is 95.4 Å². The number of carbonyl (C=O) groups excluding carboxylic acids is 9. The van der Waals surface area contributed by atoms with Crippen LogP contribution >= 0.6 is 25.3 Å². The zero-order valence-corrected chi connectivity index (χ0v) is 40.6. The smallest absolute Gasteiger partial charge is 0.332 e. The van der Waals surface area contributed by atoms with Crippen LogP contribution in [0.25, 0.3) is 10.9 Å². The van der Waals surface area contributed by atoms with Gasteiger partial charge in [-0.25, -0.2) is 19.5 Å². The lowest BCUT2D eigenvalue weighted by Crippen LogP contribution is -2.68. The van der Waals surface area contributed by atoms with Crippen LogP contribution in [0.4, 0.5) is 4.79 Å². The fourth-order valence-electron chi connectivity index (χ4n) is 7.59. The van der Waals surface area contributed by atoms with Crippen molar-refractivity contribution in [1.29, 1.82) is 0 Å². The topological polar surface area (TPSA) is 378 Å². The molecule has 3 heterocycles. The van der Waals surface area contributed by atoms with E-state index in [1.165, 1.54) is 19.4 Å². The average Bonchev–Trinajstić information content (AvgIpc) is 4.10. The van der Waals surface area contributed by atoms with Crippen LogP contribution in [-0.2, 0) is 57.6 Å². The number of aryl methyl sites for hydroxylation is 1. The molecule has 4 aromatic rings. The summed E-state index contributed by atoms with van der Waals surface area (Å²) in [7, 11) is 0. The second-order valence-electron chi connectivity index (χ2n) is 16.6. The van der Waals surface area contributed by atoms with Crippen molar-refractivity contribution in [2.75, 3.05) is 24.6 Å². The summed E-state index contributed by atoms with van der Waals surface area (Å²) in [5.41, 5.74) is 17.3. The first kappa shape index (κ1) is 54.5. The van der Waals surface area contributed by atoms with Gasteiger partial charge in [0, 0.05) is 59.9 Å². The molecule has 0 bridgehead atoms. The number of nitrogens with zero attached hydrogens (tertiary/aromatic N) is 3. The number of aromatic amines is 2. The van der Waals surface area contributed by atoms with Crippen LogP contribution in [0.15, 0.2) is 78.3 Å². The van der Waals surface area contributed by atoms with Gasteiger partial charge in [0.1, 0.15) is 36.3 Å². The molecule has 7 unspecified atom stereocenters. The lowest BCUT2D eigenvalue weighted by Gasteiger charge is -2.27. The van der Waals surface area contributed by atoms with Crippen molar-refractivity contribution in [1.82, 2.24) is 57.1 Å².